The fraction of sp³-hybridized carbons (Fsp3) is 0.500. The van der Waals surface area contributed by atoms with Crippen molar-refractivity contribution < 1.29 is 4.79 Å². The number of carbonyl (C=O) groups is 1. The van der Waals surface area contributed by atoms with Crippen LogP contribution < -0.4 is 0 Å². The molecule has 1 saturated heterocycles. The summed E-state index contributed by atoms with van der Waals surface area (Å²) in [5.74, 6) is 0.423. The maximum absolute atomic E-state index is 11.4. The van der Waals surface area contributed by atoms with Gasteiger partial charge < -0.3 is 0 Å². The molecule has 4 heteroatoms. The second kappa shape index (κ2) is 5.74. The van der Waals surface area contributed by atoms with Gasteiger partial charge in [0, 0.05) is 30.8 Å². The molecule has 1 unspecified atom stereocenters. The van der Waals surface area contributed by atoms with Gasteiger partial charge in [0.2, 0.25) is 0 Å². The van der Waals surface area contributed by atoms with Gasteiger partial charge in [0.05, 0.1) is 0 Å². The summed E-state index contributed by atoms with van der Waals surface area (Å²) in [5, 5.41) is 9.00. The molecule has 0 bridgehead atoms. The molecule has 0 aromatic carbocycles. The van der Waals surface area contributed by atoms with Crippen LogP contribution in [-0.2, 0) is 11.3 Å². The minimum absolute atomic E-state index is 0.154. The van der Waals surface area contributed by atoms with Crippen LogP contribution in [-0.4, -0.2) is 28.8 Å². The third-order valence-electron chi connectivity index (χ3n) is 3.47. The van der Waals surface area contributed by atoms with Crippen LogP contribution in [0.15, 0.2) is 18.3 Å². The summed E-state index contributed by atoms with van der Waals surface area (Å²) in [4.78, 5) is 17.7. The minimum Gasteiger partial charge on any atom is -0.300 e. The molecular formula is C14H17N3O. The monoisotopic (exact) mass is 243 g/mol. The van der Waals surface area contributed by atoms with E-state index in [4.69, 9.17) is 5.26 Å². The molecular weight excluding hydrogens is 226 g/mol. The minimum atomic E-state index is 0.154. The Labute approximate surface area is 107 Å². The van der Waals surface area contributed by atoms with Gasteiger partial charge in [-0.05, 0) is 32.4 Å². The van der Waals surface area contributed by atoms with Crippen LogP contribution in [0.5, 0.6) is 0 Å². The lowest BCUT2D eigenvalue weighted by Gasteiger charge is -2.31. The van der Waals surface area contributed by atoms with Crippen molar-refractivity contribution in [2.24, 2.45) is 5.92 Å². The van der Waals surface area contributed by atoms with Crippen LogP contribution in [0.1, 0.15) is 31.0 Å². The number of nitriles is 1. The van der Waals surface area contributed by atoms with Gasteiger partial charge in [-0.3, -0.25) is 9.69 Å². The van der Waals surface area contributed by atoms with Crippen molar-refractivity contribution in [3.05, 3.63) is 29.6 Å². The Bertz CT molecular complexity index is 478. The van der Waals surface area contributed by atoms with Gasteiger partial charge in [-0.2, -0.15) is 5.26 Å². The summed E-state index contributed by atoms with van der Waals surface area (Å²) in [7, 11) is 0. The highest BCUT2D eigenvalue weighted by Gasteiger charge is 2.23. The van der Waals surface area contributed by atoms with E-state index in [0.717, 1.165) is 31.5 Å². The van der Waals surface area contributed by atoms with Crippen LogP contribution in [0.25, 0.3) is 0 Å². The molecule has 0 radical (unpaired) electrons. The number of aromatic nitrogens is 1. The average Bonchev–Trinajstić information content (AvgIpc) is 2.39. The van der Waals surface area contributed by atoms with Crippen LogP contribution >= 0.6 is 0 Å². The number of carbonyl (C=O) groups excluding carboxylic acids is 1. The Balaban J connectivity index is 2.05. The summed E-state index contributed by atoms with van der Waals surface area (Å²) < 4.78 is 0. The molecule has 2 heterocycles. The molecule has 1 aromatic rings. The van der Waals surface area contributed by atoms with Gasteiger partial charge in [0.25, 0.3) is 0 Å². The Hall–Kier alpha value is -1.73. The van der Waals surface area contributed by atoms with Crippen molar-refractivity contribution in [2.45, 2.75) is 26.3 Å². The number of Topliss-reactive ketones (excluding diaryl/α,β-unsaturated/α-hetero) is 1. The zero-order chi connectivity index (χ0) is 13.0. The lowest BCUT2D eigenvalue weighted by molar-refractivity contribution is -0.122. The number of pyridine rings is 1. The summed E-state index contributed by atoms with van der Waals surface area (Å²) in [6.45, 7) is 4.16. The number of hydrogen-bond acceptors (Lipinski definition) is 4. The largest absolute Gasteiger partial charge is 0.300 e. The van der Waals surface area contributed by atoms with Crippen LogP contribution in [0.3, 0.4) is 0 Å². The molecule has 18 heavy (non-hydrogen) atoms. The molecule has 1 aliphatic heterocycles. The van der Waals surface area contributed by atoms with Crippen LogP contribution in [0.2, 0.25) is 0 Å². The maximum atomic E-state index is 11.4. The first-order valence-electron chi connectivity index (χ1n) is 6.27. The molecule has 1 aromatic heterocycles. The molecule has 1 aliphatic rings. The van der Waals surface area contributed by atoms with Crippen molar-refractivity contribution in [3.63, 3.8) is 0 Å². The van der Waals surface area contributed by atoms with E-state index in [1.54, 1.807) is 13.1 Å². The van der Waals surface area contributed by atoms with Gasteiger partial charge in [0.15, 0.2) is 0 Å². The second-order valence-electron chi connectivity index (χ2n) is 4.81. The number of nitrogens with zero attached hydrogens (tertiary/aromatic N) is 3. The molecule has 0 aliphatic carbocycles. The van der Waals surface area contributed by atoms with Gasteiger partial charge in [-0.1, -0.05) is 6.07 Å². The second-order valence-corrected chi connectivity index (χ2v) is 4.81. The van der Waals surface area contributed by atoms with Crippen molar-refractivity contribution in [1.82, 2.24) is 9.88 Å². The van der Waals surface area contributed by atoms with Crippen molar-refractivity contribution in [3.8, 4) is 6.07 Å². The highest BCUT2D eigenvalue weighted by molar-refractivity contribution is 5.78. The first-order valence-corrected chi connectivity index (χ1v) is 6.27. The lowest BCUT2D eigenvalue weighted by Crippen LogP contribution is -2.37. The van der Waals surface area contributed by atoms with E-state index in [1.807, 2.05) is 12.1 Å². The average molecular weight is 243 g/mol. The fourth-order valence-corrected chi connectivity index (χ4v) is 2.44. The van der Waals surface area contributed by atoms with E-state index in [1.165, 1.54) is 0 Å². The Morgan fingerprint density at radius 3 is 3.22 bits per heavy atom. The normalized spacial score (nSPS) is 20.3. The Morgan fingerprint density at radius 2 is 2.50 bits per heavy atom. The highest BCUT2D eigenvalue weighted by Crippen LogP contribution is 2.19. The summed E-state index contributed by atoms with van der Waals surface area (Å²) in [6, 6.07) is 5.90. The van der Waals surface area contributed by atoms with Crippen LogP contribution in [0.4, 0.5) is 0 Å². The van der Waals surface area contributed by atoms with Crippen molar-refractivity contribution in [2.75, 3.05) is 13.1 Å². The number of rotatable bonds is 3. The van der Waals surface area contributed by atoms with E-state index >= 15 is 0 Å². The van der Waals surface area contributed by atoms with Crippen LogP contribution in [0, 0.1) is 17.2 Å². The third kappa shape index (κ3) is 2.93. The van der Waals surface area contributed by atoms with Gasteiger partial charge in [-0.25, -0.2) is 4.98 Å². The molecule has 0 N–H and O–H groups in total. The molecule has 0 spiro atoms. The topological polar surface area (TPSA) is 57.0 Å². The predicted molar refractivity (Wildman–Crippen MR) is 67.6 cm³/mol. The van der Waals surface area contributed by atoms with Gasteiger partial charge >= 0.3 is 0 Å². The Kier molecular flexibility index (Phi) is 4.06. The summed E-state index contributed by atoms with van der Waals surface area (Å²) >= 11 is 0. The SMILES string of the molecule is CC(=O)C1CCCN(Cc2cccnc2C#N)C1. The van der Waals surface area contributed by atoms with Crippen molar-refractivity contribution >= 4 is 5.78 Å². The van der Waals surface area contributed by atoms with E-state index in [-0.39, 0.29) is 11.7 Å². The van der Waals surface area contributed by atoms with E-state index < -0.39 is 0 Å². The molecule has 4 nitrogen and oxygen atoms in total. The third-order valence-corrected chi connectivity index (χ3v) is 3.47. The first-order chi connectivity index (χ1) is 8.70. The predicted octanol–water partition coefficient (Wildman–Crippen LogP) is 1.75. The van der Waals surface area contributed by atoms with E-state index in [2.05, 4.69) is 16.0 Å². The lowest BCUT2D eigenvalue weighted by atomic mass is 9.94. The van der Waals surface area contributed by atoms with E-state index in [9.17, 15) is 4.79 Å². The number of piperidine rings is 1. The maximum Gasteiger partial charge on any atom is 0.144 e. The quantitative estimate of drug-likeness (QED) is 0.811. The molecule has 0 amide bonds. The molecule has 0 saturated carbocycles. The molecule has 2 rings (SSSR count). The number of hydrogen-bond donors (Lipinski definition) is 0. The molecule has 1 atom stereocenters. The first kappa shape index (κ1) is 12.7. The Morgan fingerprint density at radius 1 is 1.67 bits per heavy atom. The smallest absolute Gasteiger partial charge is 0.144 e. The standard InChI is InChI=1S/C14H17N3O/c1-11(18)12-5-3-7-17(9-12)10-13-4-2-6-16-14(13)8-15/h2,4,6,12H,3,5,7,9-10H2,1H3. The van der Waals surface area contributed by atoms with E-state index in [0.29, 0.717) is 12.2 Å². The molecule has 1 fully saturated rings. The molecule has 94 valence electrons. The van der Waals surface area contributed by atoms with Gasteiger partial charge in [-0.15, -0.1) is 0 Å². The van der Waals surface area contributed by atoms with Gasteiger partial charge in [0.1, 0.15) is 17.5 Å². The highest BCUT2D eigenvalue weighted by atomic mass is 16.1. The number of likely N-dealkylation sites (tertiary alicyclic amines) is 1. The summed E-state index contributed by atoms with van der Waals surface area (Å²) in [5.41, 5.74) is 1.44. The zero-order valence-electron chi connectivity index (χ0n) is 10.6. The van der Waals surface area contributed by atoms with Crippen molar-refractivity contribution in [1.29, 1.82) is 5.26 Å². The summed E-state index contributed by atoms with van der Waals surface area (Å²) in [6.07, 6.45) is 3.67. The number of ketones is 1. The fourth-order valence-electron chi connectivity index (χ4n) is 2.44. The zero-order valence-corrected chi connectivity index (χ0v) is 10.6.